The molecule has 19 heavy (non-hydrogen) atoms. The Hall–Kier alpha value is -2.15. The first-order chi connectivity index (χ1) is 8.81. The summed E-state index contributed by atoms with van der Waals surface area (Å²) in [4.78, 5) is 25.1. The molecule has 7 heteroatoms. The van der Waals surface area contributed by atoms with Crippen LogP contribution in [0.1, 0.15) is 5.56 Å². The van der Waals surface area contributed by atoms with Gasteiger partial charge >= 0.3 is 0 Å². The van der Waals surface area contributed by atoms with Crippen molar-refractivity contribution in [3.05, 3.63) is 33.9 Å². The molecule has 0 atom stereocenters. The first-order valence-corrected chi connectivity index (χ1v) is 5.72. The molecule has 0 aliphatic heterocycles. The Morgan fingerprint density at radius 1 is 1.37 bits per heavy atom. The zero-order valence-electron chi connectivity index (χ0n) is 11.3. The molecule has 0 heterocycles. The monoisotopic (exact) mass is 266 g/mol. The minimum atomic E-state index is -0.510. The maximum atomic E-state index is 11.5. The first kappa shape index (κ1) is 14.9. The first-order valence-electron chi connectivity index (χ1n) is 5.72. The van der Waals surface area contributed by atoms with Crippen LogP contribution in [0.15, 0.2) is 18.2 Å². The van der Waals surface area contributed by atoms with Crippen LogP contribution in [0.5, 0.6) is 0 Å². The SMILES string of the molecule is CN(CC(=O)N(C)C)Cc1ccc(N)c([N+](=O)[O-])c1. The standard InChI is InChI=1S/C12H18N4O3/c1-14(2)12(17)8-15(3)7-9-4-5-10(13)11(6-9)16(18)19/h4-6H,7-8,13H2,1-3H3. The van der Waals surface area contributed by atoms with Gasteiger partial charge in [0.2, 0.25) is 5.91 Å². The quantitative estimate of drug-likeness (QED) is 0.481. The topological polar surface area (TPSA) is 92.7 Å². The molecule has 0 aromatic heterocycles. The molecule has 0 unspecified atom stereocenters. The summed E-state index contributed by atoms with van der Waals surface area (Å²) in [6.07, 6.45) is 0. The van der Waals surface area contributed by atoms with Crippen molar-refractivity contribution in [3.8, 4) is 0 Å². The van der Waals surface area contributed by atoms with Gasteiger partial charge in [0.15, 0.2) is 0 Å². The highest BCUT2D eigenvalue weighted by Crippen LogP contribution is 2.22. The van der Waals surface area contributed by atoms with Gasteiger partial charge in [-0.1, -0.05) is 6.07 Å². The van der Waals surface area contributed by atoms with E-state index in [9.17, 15) is 14.9 Å². The van der Waals surface area contributed by atoms with Crippen molar-refractivity contribution in [2.24, 2.45) is 0 Å². The van der Waals surface area contributed by atoms with E-state index in [1.165, 1.54) is 17.0 Å². The fraction of sp³-hybridized carbons (Fsp3) is 0.417. The predicted molar refractivity (Wildman–Crippen MR) is 72.5 cm³/mol. The predicted octanol–water partition coefficient (Wildman–Crippen LogP) is 0.697. The van der Waals surface area contributed by atoms with E-state index in [2.05, 4.69) is 0 Å². The Labute approximate surface area is 111 Å². The summed E-state index contributed by atoms with van der Waals surface area (Å²) >= 11 is 0. The molecule has 104 valence electrons. The van der Waals surface area contributed by atoms with E-state index in [0.717, 1.165) is 5.56 Å². The number of hydrogen-bond donors (Lipinski definition) is 1. The van der Waals surface area contributed by atoms with E-state index in [1.807, 2.05) is 0 Å². The molecule has 2 N–H and O–H groups in total. The maximum Gasteiger partial charge on any atom is 0.292 e. The second kappa shape index (κ2) is 6.14. The van der Waals surface area contributed by atoms with Crippen molar-refractivity contribution >= 4 is 17.3 Å². The Kier molecular flexibility index (Phi) is 4.82. The van der Waals surface area contributed by atoms with Gasteiger partial charge in [0.1, 0.15) is 5.69 Å². The Morgan fingerprint density at radius 2 is 2.00 bits per heavy atom. The van der Waals surface area contributed by atoms with Crippen LogP contribution < -0.4 is 5.73 Å². The summed E-state index contributed by atoms with van der Waals surface area (Å²) < 4.78 is 0. The largest absolute Gasteiger partial charge is 0.393 e. The number of anilines is 1. The Balaban J connectivity index is 2.75. The molecule has 0 spiro atoms. The fourth-order valence-corrected chi connectivity index (χ4v) is 1.59. The van der Waals surface area contributed by atoms with Gasteiger partial charge in [0.25, 0.3) is 5.69 Å². The van der Waals surface area contributed by atoms with Gasteiger partial charge in [-0.05, 0) is 18.7 Å². The van der Waals surface area contributed by atoms with Crippen LogP contribution >= 0.6 is 0 Å². The number of benzene rings is 1. The zero-order valence-corrected chi connectivity index (χ0v) is 11.3. The molecule has 7 nitrogen and oxygen atoms in total. The number of amides is 1. The highest BCUT2D eigenvalue weighted by atomic mass is 16.6. The average molecular weight is 266 g/mol. The molecule has 1 aromatic rings. The summed E-state index contributed by atoms with van der Waals surface area (Å²) in [6, 6.07) is 4.67. The van der Waals surface area contributed by atoms with Gasteiger partial charge in [0, 0.05) is 26.7 Å². The molecule has 0 fully saturated rings. The Bertz CT molecular complexity index is 488. The molecular weight excluding hydrogens is 248 g/mol. The number of nitrogen functional groups attached to an aromatic ring is 1. The molecule has 0 aliphatic rings. The van der Waals surface area contributed by atoms with Crippen LogP contribution in [0, 0.1) is 10.1 Å². The lowest BCUT2D eigenvalue weighted by atomic mass is 10.1. The van der Waals surface area contributed by atoms with Crippen molar-refractivity contribution in [1.82, 2.24) is 9.80 Å². The van der Waals surface area contributed by atoms with Gasteiger partial charge in [0.05, 0.1) is 11.5 Å². The summed E-state index contributed by atoms with van der Waals surface area (Å²) in [5.74, 6) is -0.0209. The van der Waals surface area contributed by atoms with E-state index in [-0.39, 0.29) is 23.8 Å². The third kappa shape index (κ3) is 4.22. The van der Waals surface area contributed by atoms with Crippen molar-refractivity contribution < 1.29 is 9.72 Å². The maximum absolute atomic E-state index is 11.5. The number of rotatable bonds is 5. The zero-order chi connectivity index (χ0) is 14.6. The molecule has 0 aliphatic carbocycles. The number of likely N-dealkylation sites (N-methyl/N-ethyl adjacent to an activating group) is 2. The lowest BCUT2D eigenvalue weighted by Gasteiger charge is -2.18. The average Bonchev–Trinajstić information content (AvgIpc) is 2.30. The molecule has 1 amide bonds. The number of nitro benzene ring substituents is 1. The van der Waals surface area contributed by atoms with Gasteiger partial charge in [-0.15, -0.1) is 0 Å². The number of hydrogen-bond acceptors (Lipinski definition) is 5. The van der Waals surface area contributed by atoms with Crippen LogP contribution in [0.4, 0.5) is 11.4 Å². The normalized spacial score (nSPS) is 10.5. The van der Waals surface area contributed by atoms with Gasteiger partial charge in [-0.25, -0.2) is 0 Å². The van der Waals surface area contributed by atoms with E-state index in [1.54, 1.807) is 32.1 Å². The van der Waals surface area contributed by atoms with Crippen LogP contribution in [0.25, 0.3) is 0 Å². The van der Waals surface area contributed by atoms with Crippen molar-refractivity contribution in [2.75, 3.05) is 33.4 Å². The van der Waals surface area contributed by atoms with Gasteiger partial charge in [-0.2, -0.15) is 0 Å². The second-order valence-corrected chi connectivity index (χ2v) is 4.61. The minimum Gasteiger partial charge on any atom is -0.393 e. The van der Waals surface area contributed by atoms with Crippen LogP contribution in [0.3, 0.4) is 0 Å². The number of carbonyl (C=O) groups is 1. The third-order valence-corrected chi connectivity index (χ3v) is 2.65. The number of nitro groups is 1. The summed E-state index contributed by atoms with van der Waals surface area (Å²) in [5, 5.41) is 10.8. The minimum absolute atomic E-state index is 0.0209. The highest BCUT2D eigenvalue weighted by molar-refractivity contribution is 5.77. The van der Waals surface area contributed by atoms with Crippen molar-refractivity contribution in [1.29, 1.82) is 0 Å². The fourth-order valence-electron chi connectivity index (χ4n) is 1.59. The molecule has 1 rings (SSSR count). The third-order valence-electron chi connectivity index (χ3n) is 2.65. The number of nitrogens with zero attached hydrogens (tertiary/aromatic N) is 3. The van der Waals surface area contributed by atoms with E-state index in [4.69, 9.17) is 5.73 Å². The van der Waals surface area contributed by atoms with Gasteiger partial charge < -0.3 is 10.6 Å². The molecule has 0 saturated carbocycles. The number of carbonyl (C=O) groups excluding carboxylic acids is 1. The molecule has 0 radical (unpaired) electrons. The lowest BCUT2D eigenvalue weighted by Crippen LogP contribution is -2.34. The summed E-state index contributed by atoms with van der Waals surface area (Å²) in [6.45, 7) is 0.700. The second-order valence-electron chi connectivity index (χ2n) is 4.61. The van der Waals surface area contributed by atoms with Crippen LogP contribution in [0.2, 0.25) is 0 Å². The van der Waals surface area contributed by atoms with E-state index < -0.39 is 4.92 Å². The highest BCUT2D eigenvalue weighted by Gasteiger charge is 2.14. The lowest BCUT2D eigenvalue weighted by molar-refractivity contribution is -0.384. The van der Waals surface area contributed by atoms with Crippen molar-refractivity contribution in [3.63, 3.8) is 0 Å². The van der Waals surface area contributed by atoms with Crippen LogP contribution in [-0.4, -0.2) is 48.3 Å². The van der Waals surface area contributed by atoms with Crippen molar-refractivity contribution in [2.45, 2.75) is 6.54 Å². The summed E-state index contributed by atoms with van der Waals surface area (Å²) in [5.41, 5.74) is 6.30. The molecule has 0 saturated heterocycles. The summed E-state index contributed by atoms with van der Waals surface area (Å²) in [7, 11) is 5.15. The smallest absolute Gasteiger partial charge is 0.292 e. The van der Waals surface area contributed by atoms with E-state index >= 15 is 0 Å². The van der Waals surface area contributed by atoms with Crippen LogP contribution in [-0.2, 0) is 11.3 Å². The molecule has 1 aromatic carbocycles. The van der Waals surface area contributed by atoms with Gasteiger partial charge in [-0.3, -0.25) is 19.8 Å². The number of nitrogens with two attached hydrogens (primary N) is 1. The Morgan fingerprint density at radius 3 is 2.53 bits per heavy atom. The molecule has 0 bridgehead atoms. The molecular formula is C12H18N4O3. The van der Waals surface area contributed by atoms with E-state index in [0.29, 0.717) is 6.54 Å².